The fraction of sp³-hybridized carbons (Fsp3) is 0.368. The van der Waals surface area contributed by atoms with Crippen LogP contribution in [0.25, 0.3) is 0 Å². The minimum Gasteiger partial charge on any atom is -0.490 e. The maximum Gasteiger partial charge on any atom is 0.251 e. The molecule has 1 atom stereocenters. The highest BCUT2D eigenvalue weighted by Gasteiger charge is 2.13. The van der Waals surface area contributed by atoms with Gasteiger partial charge < -0.3 is 24.5 Å². The smallest absolute Gasteiger partial charge is 0.251 e. The summed E-state index contributed by atoms with van der Waals surface area (Å²) in [5, 5.41) is 12.7. The monoisotopic (exact) mass is 360 g/mol. The number of nitrogens with zero attached hydrogens (tertiary/aromatic N) is 1. The van der Waals surface area contributed by atoms with E-state index in [4.69, 9.17) is 9.47 Å². The Morgan fingerprint density at radius 3 is 2.58 bits per heavy atom. The van der Waals surface area contributed by atoms with Crippen LogP contribution in [0.5, 0.6) is 11.5 Å². The Hall–Kier alpha value is -2.80. The van der Waals surface area contributed by atoms with Gasteiger partial charge in [0.1, 0.15) is 0 Å². The first kappa shape index (κ1) is 19.5. The van der Waals surface area contributed by atoms with Crippen LogP contribution in [0, 0.1) is 0 Å². The molecule has 7 heteroatoms. The van der Waals surface area contributed by atoms with E-state index in [1.165, 1.54) is 10.6 Å². The van der Waals surface area contributed by atoms with E-state index >= 15 is 0 Å². The van der Waals surface area contributed by atoms with Gasteiger partial charge in [-0.25, -0.2) is 0 Å². The predicted molar refractivity (Wildman–Crippen MR) is 97.8 cm³/mol. The Kier molecular flexibility index (Phi) is 7.23. The molecule has 0 fully saturated rings. The standard InChI is InChI=1S/C19H24N2O5/c1-3-25-16-9-8-14(11-17(16)26-4-2)19(24)20-12-15(22)13-21-10-6-5-7-18(21)23/h5-11,15,22H,3-4,12-13H2,1-2H3,(H,20,24). The summed E-state index contributed by atoms with van der Waals surface area (Å²) in [6.45, 7) is 4.80. The van der Waals surface area contributed by atoms with Gasteiger partial charge in [-0.3, -0.25) is 9.59 Å². The van der Waals surface area contributed by atoms with Gasteiger partial charge in [-0.2, -0.15) is 0 Å². The first-order valence-corrected chi connectivity index (χ1v) is 8.56. The average molecular weight is 360 g/mol. The Labute approximate surface area is 152 Å². The molecule has 1 amide bonds. The summed E-state index contributed by atoms with van der Waals surface area (Å²) in [7, 11) is 0. The van der Waals surface area contributed by atoms with Crippen LogP contribution in [0.4, 0.5) is 0 Å². The molecule has 2 aromatic rings. The molecule has 26 heavy (non-hydrogen) atoms. The second-order valence-corrected chi connectivity index (χ2v) is 5.58. The van der Waals surface area contributed by atoms with Gasteiger partial charge in [-0.15, -0.1) is 0 Å². The van der Waals surface area contributed by atoms with Crippen LogP contribution in [0.15, 0.2) is 47.4 Å². The van der Waals surface area contributed by atoms with Crippen LogP contribution >= 0.6 is 0 Å². The fourth-order valence-corrected chi connectivity index (χ4v) is 2.41. The fourth-order valence-electron chi connectivity index (χ4n) is 2.41. The number of rotatable bonds is 9. The molecule has 0 bridgehead atoms. The summed E-state index contributed by atoms with van der Waals surface area (Å²) < 4.78 is 12.4. The molecule has 0 saturated carbocycles. The number of carbonyl (C=O) groups is 1. The number of benzene rings is 1. The lowest BCUT2D eigenvalue weighted by Gasteiger charge is -2.15. The molecule has 0 aliphatic carbocycles. The first-order chi connectivity index (χ1) is 12.5. The van der Waals surface area contributed by atoms with Crippen molar-refractivity contribution >= 4 is 5.91 Å². The highest BCUT2D eigenvalue weighted by Crippen LogP contribution is 2.28. The summed E-state index contributed by atoms with van der Waals surface area (Å²) >= 11 is 0. The van der Waals surface area contributed by atoms with E-state index in [2.05, 4.69) is 5.32 Å². The van der Waals surface area contributed by atoms with E-state index in [1.807, 2.05) is 13.8 Å². The van der Waals surface area contributed by atoms with E-state index in [0.717, 1.165) is 0 Å². The third-order valence-electron chi connectivity index (χ3n) is 3.61. The van der Waals surface area contributed by atoms with Crippen molar-refractivity contribution in [3.05, 3.63) is 58.5 Å². The van der Waals surface area contributed by atoms with Gasteiger partial charge in [-0.1, -0.05) is 6.07 Å². The Bertz CT molecular complexity index is 787. The third kappa shape index (κ3) is 5.35. The predicted octanol–water partition coefficient (Wildman–Crippen LogP) is 1.44. The van der Waals surface area contributed by atoms with Crippen LogP contribution in [-0.4, -0.2) is 41.4 Å². The van der Waals surface area contributed by atoms with E-state index in [-0.39, 0.29) is 24.6 Å². The molecule has 1 aromatic heterocycles. The number of aromatic nitrogens is 1. The molecule has 2 rings (SSSR count). The number of aliphatic hydroxyl groups excluding tert-OH is 1. The molecule has 0 aliphatic rings. The van der Waals surface area contributed by atoms with Crippen molar-refractivity contribution in [2.45, 2.75) is 26.5 Å². The molecule has 1 unspecified atom stereocenters. The first-order valence-electron chi connectivity index (χ1n) is 8.56. The number of hydrogen-bond donors (Lipinski definition) is 2. The number of amides is 1. The Morgan fingerprint density at radius 2 is 1.88 bits per heavy atom. The molecular weight excluding hydrogens is 336 g/mol. The van der Waals surface area contributed by atoms with Crippen molar-refractivity contribution in [1.29, 1.82) is 0 Å². The lowest BCUT2D eigenvalue weighted by atomic mass is 10.2. The van der Waals surface area contributed by atoms with Crippen molar-refractivity contribution < 1.29 is 19.4 Å². The highest BCUT2D eigenvalue weighted by molar-refractivity contribution is 5.94. The van der Waals surface area contributed by atoms with Gasteiger partial charge in [0.2, 0.25) is 0 Å². The summed E-state index contributed by atoms with van der Waals surface area (Å²) in [6.07, 6.45) is 0.710. The molecule has 7 nitrogen and oxygen atoms in total. The van der Waals surface area contributed by atoms with E-state index < -0.39 is 6.10 Å². The molecule has 1 heterocycles. The van der Waals surface area contributed by atoms with E-state index in [0.29, 0.717) is 30.3 Å². The van der Waals surface area contributed by atoms with Crippen LogP contribution in [0.3, 0.4) is 0 Å². The number of carbonyl (C=O) groups excluding carboxylic acids is 1. The second kappa shape index (κ2) is 9.62. The quantitative estimate of drug-likeness (QED) is 0.706. The lowest BCUT2D eigenvalue weighted by Crippen LogP contribution is -2.36. The number of aliphatic hydroxyl groups is 1. The van der Waals surface area contributed by atoms with Crippen LogP contribution in [0.2, 0.25) is 0 Å². The molecule has 0 aliphatic heterocycles. The summed E-state index contributed by atoms with van der Waals surface area (Å²) in [4.78, 5) is 23.9. The minimum absolute atomic E-state index is 0.0251. The van der Waals surface area contributed by atoms with E-state index in [1.54, 1.807) is 36.5 Å². The number of hydrogen-bond acceptors (Lipinski definition) is 5. The molecular formula is C19H24N2O5. The molecule has 2 N–H and O–H groups in total. The second-order valence-electron chi connectivity index (χ2n) is 5.58. The third-order valence-corrected chi connectivity index (χ3v) is 3.61. The van der Waals surface area contributed by atoms with Crippen molar-refractivity contribution in [3.63, 3.8) is 0 Å². The van der Waals surface area contributed by atoms with Crippen molar-refractivity contribution in [3.8, 4) is 11.5 Å². The van der Waals surface area contributed by atoms with Crippen molar-refractivity contribution in [1.82, 2.24) is 9.88 Å². The van der Waals surface area contributed by atoms with Crippen LogP contribution in [-0.2, 0) is 6.54 Å². The summed E-state index contributed by atoms with van der Waals surface area (Å²) in [5.74, 6) is 0.737. The SMILES string of the molecule is CCOc1ccc(C(=O)NCC(O)Cn2ccccc2=O)cc1OCC. The Morgan fingerprint density at radius 1 is 1.15 bits per heavy atom. The Balaban J connectivity index is 1.97. The van der Waals surface area contributed by atoms with Gasteiger partial charge in [0.25, 0.3) is 11.5 Å². The summed E-state index contributed by atoms with van der Waals surface area (Å²) in [5.41, 5.74) is 0.201. The zero-order chi connectivity index (χ0) is 18.9. The topological polar surface area (TPSA) is 89.8 Å². The van der Waals surface area contributed by atoms with Crippen LogP contribution < -0.4 is 20.3 Å². The molecule has 0 saturated heterocycles. The van der Waals surface area contributed by atoms with Gasteiger partial charge in [-0.05, 0) is 38.1 Å². The highest BCUT2D eigenvalue weighted by atomic mass is 16.5. The number of ether oxygens (including phenoxy) is 2. The van der Waals surface area contributed by atoms with Gasteiger partial charge >= 0.3 is 0 Å². The van der Waals surface area contributed by atoms with Crippen molar-refractivity contribution in [2.75, 3.05) is 19.8 Å². The average Bonchev–Trinajstić information content (AvgIpc) is 2.63. The lowest BCUT2D eigenvalue weighted by molar-refractivity contribution is 0.0902. The molecule has 140 valence electrons. The van der Waals surface area contributed by atoms with E-state index in [9.17, 15) is 14.7 Å². The number of nitrogens with one attached hydrogen (secondary N) is 1. The van der Waals surface area contributed by atoms with Gasteiger partial charge in [0.05, 0.1) is 25.9 Å². The minimum atomic E-state index is -0.881. The normalized spacial score (nSPS) is 11.7. The number of pyridine rings is 1. The molecule has 0 radical (unpaired) electrons. The molecule has 1 aromatic carbocycles. The summed E-state index contributed by atoms with van der Waals surface area (Å²) in [6, 6.07) is 9.69. The van der Waals surface area contributed by atoms with Crippen LogP contribution in [0.1, 0.15) is 24.2 Å². The largest absolute Gasteiger partial charge is 0.490 e. The zero-order valence-corrected chi connectivity index (χ0v) is 15.0. The van der Waals surface area contributed by atoms with Crippen molar-refractivity contribution in [2.24, 2.45) is 0 Å². The maximum atomic E-state index is 12.3. The maximum absolute atomic E-state index is 12.3. The molecule has 0 spiro atoms. The van der Waals surface area contributed by atoms with Gasteiger partial charge in [0.15, 0.2) is 11.5 Å². The van der Waals surface area contributed by atoms with Gasteiger partial charge in [0, 0.05) is 24.4 Å². The zero-order valence-electron chi connectivity index (χ0n) is 15.0.